The van der Waals surface area contributed by atoms with Crippen LogP contribution < -0.4 is 14.8 Å². The molecular formula is C25H22BrNO5. The first-order chi connectivity index (χ1) is 15.5. The molecule has 0 fully saturated rings. The van der Waals surface area contributed by atoms with E-state index in [1.54, 1.807) is 48.5 Å². The summed E-state index contributed by atoms with van der Waals surface area (Å²) in [5, 5.41) is 12.0. The number of hydrogen-bond acceptors (Lipinski definition) is 4. The Labute approximate surface area is 194 Å². The van der Waals surface area contributed by atoms with Crippen LogP contribution in [0.3, 0.4) is 0 Å². The number of nitrogens with one attached hydrogen (secondary N) is 1. The van der Waals surface area contributed by atoms with Crippen LogP contribution in [-0.2, 0) is 11.4 Å². The first kappa shape index (κ1) is 23.1. The molecule has 0 aliphatic heterocycles. The van der Waals surface area contributed by atoms with Crippen LogP contribution >= 0.6 is 15.9 Å². The van der Waals surface area contributed by atoms with E-state index in [2.05, 4.69) is 21.2 Å². The molecule has 3 aromatic carbocycles. The highest BCUT2D eigenvalue weighted by Gasteiger charge is 2.14. The van der Waals surface area contributed by atoms with Crippen molar-refractivity contribution in [1.82, 2.24) is 5.32 Å². The molecule has 3 aromatic rings. The van der Waals surface area contributed by atoms with Gasteiger partial charge >= 0.3 is 5.97 Å². The van der Waals surface area contributed by atoms with Crippen molar-refractivity contribution in [2.24, 2.45) is 0 Å². The third kappa shape index (κ3) is 6.46. The van der Waals surface area contributed by atoms with Crippen LogP contribution in [0, 0.1) is 0 Å². The van der Waals surface area contributed by atoms with Crippen molar-refractivity contribution in [2.45, 2.75) is 13.5 Å². The average Bonchev–Trinajstić information content (AvgIpc) is 2.80. The number of rotatable bonds is 9. The number of carboxylic acids is 1. The zero-order valence-electron chi connectivity index (χ0n) is 17.4. The number of amides is 1. The van der Waals surface area contributed by atoms with Crippen LogP contribution in [0.5, 0.6) is 11.5 Å². The lowest BCUT2D eigenvalue weighted by atomic mass is 10.1. The largest absolute Gasteiger partial charge is 0.490 e. The van der Waals surface area contributed by atoms with Crippen LogP contribution in [0.1, 0.15) is 28.4 Å². The second-order valence-corrected chi connectivity index (χ2v) is 7.65. The summed E-state index contributed by atoms with van der Waals surface area (Å²) in [5.41, 5.74) is 1.67. The first-order valence-corrected chi connectivity index (χ1v) is 10.7. The molecule has 0 bridgehead atoms. The SMILES string of the molecule is CCOc1cc(C=C(NC(=O)c2ccccc2)C(=O)O)ccc1OCc1ccc(Br)cc1. The van der Waals surface area contributed by atoms with E-state index in [1.807, 2.05) is 31.2 Å². The van der Waals surface area contributed by atoms with Gasteiger partial charge in [0.1, 0.15) is 12.3 Å². The summed E-state index contributed by atoms with van der Waals surface area (Å²) in [6.07, 6.45) is 1.38. The standard InChI is InChI=1S/C25H22BrNO5/c1-2-31-23-15-18(10-13-22(23)32-16-17-8-11-20(26)12-9-17)14-21(25(29)30)27-24(28)19-6-4-3-5-7-19/h3-15H,2,16H2,1H3,(H,27,28)(H,29,30). The Bertz CT molecular complexity index is 1110. The van der Waals surface area contributed by atoms with Crippen molar-refractivity contribution in [3.63, 3.8) is 0 Å². The van der Waals surface area contributed by atoms with Crippen LogP contribution in [-0.4, -0.2) is 23.6 Å². The van der Waals surface area contributed by atoms with Gasteiger partial charge in [0.15, 0.2) is 11.5 Å². The lowest BCUT2D eigenvalue weighted by molar-refractivity contribution is -0.132. The van der Waals surface area contributed by atoms with Crippen molar-refractivity contribution >= 4 is 33.9 Å². The van der Waals surface area contributed by atoms with Crippen LogP contribution in [0.4, 0.5) is 0 Å². The fourth-order valence-electron chi connectivity index (χ4n) is 2.85. The Morgan fingerprint density at radius 2 is 1.69 bits per heavy atom. The Hall–Kier alpha value is -3.58. The number of benzene rings is 3. The van der Waals surface area contributed by atoms with Gasteiger partial charge in [-0.15, -0.1) is 0 Å². The fraction of sp³-hybridized carbons (Fsp3) is 0.120. The summed E-state index contributed by atoms with van der Waals surface area (Å²) in [7, 11) is 0. The highest BCUT2D eigenvalue weighted by Crippen LogP contribution is 2.30. The number of carboxylic acid groups (broad SMARTS) is 1. The molecule has 0 atom stereocenters. The summed E-state index contributed by atoms with van der Waals surface area (Å²) >= 11 is 3.40. The zero-order chi connectivity index (χ0) is 22.9. The van der Waals surface area contributed by atoms with Crippen molar-refractivity contribution in [3.8, 4) is 11.5 Å². The average molecular weight is 496 g/mol. The Balaban J connectivity index is 1.79. The van der Waals surface area contributed by atoms with Crippen LogP contribution in [0.2, 0.25) is 0 Å². The highest BCUT2D eigenvalue weighted by atomic mass is 79.9. The van der Waals surface area contributed by atoms with E-state index >= 15 is 0 Å². The van der Waals surface area contributed by atoms with Crippen molar-refractivity contribution in [2.75, 3.05) is 6.61 Å². The molecule has 0 saturated heterocycles. The van der Waals surface area contributed by atoms with Gasteiger partial charge in [0.05, 0.1) is 6.61 Å². The molecule has 32 heavy (non-hydrogen) atoms. The van der Waals surface area contributed by atoms with E-state index in [-0.39, 0.29) is 5.70 Å². The normalized spacial score (nSPS) is 11.0. The van der Waals surface area contributed by atoms with Gasteiger partial charge in [-0.1, -0.05) is 52.3 Å². The maximum absolute atomic E-state index is 12.4. The Kier molecular flexibility index (Phi) is 8.05. The van der Waals surface area contributed by atoms with E-state index in [0.29, 0.717) is 35.8 Å². The predicted molar refractivity (Wildman–Crippen MR) is 126 cm³/mol. The Morgan fingerprint density at radius 3 is 2.34 bits per heavy atom. The van der Waals surface area contributed by atoms with Gasteiger partial charge in [-0.25, -0.2) is 4.79 Å². The minimum atomic E-state index is -1.25. The third-order valence-corrected chi connectivity index (χ3v) is 4.93. The second-order valence-electron chi connectivity index (χ2n) is 6.74. The van der Waals surface area contributed by atoms with Crippen LogP contribution in [0.15, 0.2) is 83.0 Å². The summed E-state index contributed by atoms with van der Waals surface area (Å²) in [6, 6.07) is 21.3. The van der Waals surface area contributed by atoms with E-state index in [9.17, 15) is 14.7 Å². The topological polar surface area (TPSA) is 84.9 Å². The molecule has 0 aliphatic carbocycles. The molecule has 1 amide bonds. The maximum Gasteiger partial charge on any atom is 0.352 e. The second kappa shape index (κ2) is 11.2. The van der Waals surface area contributed by atoms with E-state index in [0.717, 1.165) is 10.0 Å². The molecule has 2 N–H and O–H groups in total. The van der Waals surface area contributed by atoms with Gasteiger partial charge in [0.25, 0.3) is 5.91 Å². The van der Waals surface area contributed by atoms with Gasteiger partial charge in [0, 0.05) is 10.0 Å². The van der Waals surface area contributed by atoms with Crippen molar-refractivity contribution in [3.05, 3.63) is 99.7 Å². The molecule has 0 radical (unpaired) electrons. The smallest absolute Gasteiger partial charge is 0.352 e. The molecule has 7 heteroatoms. The zero-order valence-corrected chi connectivity index (χ0v) is 19.0. The number of halogens is 1. The number of carbonyl (C=O) groups excluding carboxylic acids is 1. The minimum Gasteiger partial charge on any atom is -0.490 e. The number of ether oxygens (including phenoxy) is 2. The monoisotopic (exact) mass is 495 g/mol. The summed E-state index contributed by atoms with van der Waals surface area (Å²) in [6.45, 7) is 2.62. The van der Waals surface area contributed by atoms with E-state index < -0.39 is 11.9 Å². The van der Waals surface area contributed by atoms with Crippen LogP contribution in [0.25, 0.3) is 6.08 Å². The molecule has 0 aromatic heterocycles. The fourth-order valence-corrected chi connectivity index (χ4v) is 3.11. The first-order valence-electron chi connectivity index (χ1n) is 9.91. The quantitative estimate of drug-likeness (QED) is 0.394. The van der Waals surface area contributed by atoms with Crippen molar-refractivity contribution in [1.29, 1.82) is 0 Å². The van der Waals surface area contributed by atoms with E-state index in [4.69, 9.17) is 9.47 Å². The van der Waals surface area contributed by atoms with Gasteiger partial charge in [-0.2, -0.15) is 0 Å². The van der Waals surface area contributed by atoms with Crippen molar-refractivity contribution < 1.29 is 24.2 Å². The van der Waals surface area contributed by atoms with Gasteiger partial charge in [-0.05, 0) is 60.5 Å². The molecule has 164 valence electrons. The predicted octanol–water partition coefficient (Wildman–Crippen LogP) is 5.28. The lowest BCUT2D eigenvalue weighted by Gasteiger charge is -2.13. The molecule has 0 spiro atoms. The van der Waals surface area contributed by atoms with Gasteiger partial charge in [-0.3, -0.25) is 4.79 Å². The minimum absolute atomic E-state index is 0.246. The van der Waals surface area contributed by atoms with Gasteiger partial charge in [0.2, 0.25) is 0 Å². The highest BCUT2D eigenvalue weighted by molar-refractivity contribution is 9.10. The third-order valence-electron chi connectivity index (χ3n) is 4.40. The molecule has 0 saturated carbocycles. The molecular weight excluding hydrogens is 474 g/mol. The summed E-state index contributed by atoms with van der Waals surface area (Å²) < 4.78 is 12.6. The molecule has 0 heterocycles. The maximum atomic E-state index is 12.4. The molecule has 6 nitrogen and oxygen atoms in total. The molecule has 0 unspecified atom stereocenters. The number of hydrogen-bond donors (Lipinski definition) is 2. The summed E-state index contributed by atoms with van der Waals surface area (Å²) in [5.74, 6) is -0.726. The van der Waals surface area contributed by atoms with Gasteiger partial charge < -0.3 is 19.9 Å². The molecule has 0 aliphatic rings. The van der Waals surface area contributed by atoms with E-state index in [1.165, 1.54) is 6.08 Å². The number of carbonyl (C=O) groups is 2. The lowest BCUT2D eigenvalue weighted by Crippen LogP contribution is -2.27. The number of aliphatic carboxylic acids is 1. The Morgan fingerprint density at radius 1 is 0.969 bits per heavy atom. The summed E-state index contributed by atoms with van der Waals surface area (Å²) in [4.78, 5) is 24.0. The molecule has 3 rings (SSSR count).